The number of hydrogen-bond acceptors (Lipinski definition) is 4. The summed E-state index contributed by atoms with van der Waals surface area (Å²) in [4.78, 5) is 10.1. The zero-order valence-electron chi connectivity index (χ0n) is 16.2. The van der Waals surface area contributed by atoms with Crippen LogP contribution in [0.2, 0.25) is 5.15 Å². The molecule has 0 unspecified atom stereocenters. The number of aromatic amines is 1. The summed E-state index contributed by atoms with van der Waals surface area (Å²) in [5, 5.41) is 0.421. The van der Waals surface area contributed by atoms with Crippen LogP contribution in [0.3, 0.4) is 0 Å². The number of sulfonamides is 1. The van der Waals surface area contributed by atoms with Gasteiger partial charge in [-0.25, -0.2) is 27.2 Å². The number of nitrogens with zero attached hydrogens (tertiary/aromatic N) is 2. The van der Waals surface area contributed by atoms with Gasteiger partial charge in [0.05, 0.1) is 21.5 Å². The number of benzene rings is 2. The van der Waals surface area contributed by atoms with E-state index in [1.165, 1.54) is 12.5 Å². The lowest BCUT2D eigenvalue weighted by molar-refractivity contribution is -0.137. The molecule has 0 saturated heterocycles. The molecular weight excluding hydrogens is 491 g/mol. The molecule has 172 valence electrons. The first-order valence-corrected chi connectivity index (χ1v) is 11.0. The average Bonchev–Trinajstić information content (AvgIpc) is 3.17. The number of hydrogen-bond donors (Lipinski definition) is 2. The van der Waals surface area contributed by atoms with Gasteiger partial charge in [-0.05, 0) is 42.0 Å². The molecule has 0 bridgehead atoms. The molecule has 2 aromatic heterocycles. The van der Waals surface area contributed by atoms with E-state index in [0.717, 1.165) is 24.3 Å². The topological polar surface area (TPSA) is 87.7 Å². The van der Waals surface area contributed by atoms with Crippen molar-refractivity contribution in [2.24, 2.45) is 0 Å². The normalized spacial score (nSPS) is 12.3. The Morgan fingerprint density at radius 2 is 1.73 bits per heavy atom. The summed E-state index contributed by atoms with van der Waals surface area (Å²) < 4.78 is 94.7. The van der Waals surface area contributed by atoms with Gasteiger partial charge in [0, 0.05) is 18.2 Å². The highest BCUT2D eigenvalue weighted by molar-refractivity contribution is 7.92. The molecule has 0 aliphatic heterocycles. The Bertz CT molecular complexity index is 1450. The SMILES string of the molecule is O=S(=O)(Nc1ccc(F)c(Cc2c[nH]c3ncnc(Cl)c23)c1F)c1ccc(C(F)(F)F)cc1. The zero-order chi connectivity index (χ0) is 24.0. The van der Waals surface area contributed by atoms with Crippen molar-refractivity contribution in [1.82, 2.24) is 15.0 Å². The summed E-state index contributed by atoms with van der Waals surface area (Å²) in [5.74, 6) is -2.12. The highest BCUT2D eigenvalue weighted by Crippen LogP contribution is 2.32. The number of anilines is 1. The van der Waals surface area contributed by atoms with Gasteiger partial charge in [0.2, 0.25) is 0 Å². The van der Waals surface area contributed by atoms with Gasteiger partial charge in [-0.2, -0.15) is 13.2 Å². The quantitative estimate of drug-likeness (QED) is 0.286. The molecule has 33 heavy (non-hydrogen) atoms. The van der Waals surface area contributed by atoms with Crippen LogP contribution in [0, 0.1) is 11.6 Å². The number of alkyl halides is 3. The molecule has 0 amide bonds. The number of H-pyrrole nitrogens is 1. The summed E-state index contributed by atoms with van der Waals surface area (Å²) >= 11 is 6.05. The van der Waals surface area contributed by atoms with Gasteiger partial charge < -0.3 is 4.98 Å². The van der Waals surface area contributed by atoms with Gasteiger partial charge in [-0.15, -0.1) is 0 Å². The fraction of sp³-hybridized carbons (Fsp3) is 0.100. The van der Waals surface area contributed by atoms with Crippen LogP contribution in [-0.4, -0.2) is 23.4 Å². The largest absolute Gasteiger partial charge is 0.416 e. The van der Waals surface area contributed by atoms with Crippen LogP contribution in [0.4, 0.5) is 27.6 Å². The molecule has 0 spiro atoms. The Hall–Kier alpha value is -3.25. The van der Waals surface area contributed by atoms with E-state index in [4.69, 9.17) is 11.6 Å². The standard InChI is InChI=1S/C20H12ClF5N4O2S/c21-18-16-10(8-27-19(16)29-9-28-18)7-13-14(22)5-6-15(17(13)23)30-33(31,32)12-3-1-11(2-4-12)20(24,25)26/h1-6,8-9,30H,7H2,(H,27,28,29). The lowest BCUT2D eigenvalue weighted by Crippen LogP contribution is -2.15. The van der Waals surface area contributed by atoms with Crippen LogP contribution in [-0.2, 0) is 22.6 Å². The summed E-state index contributed by atoms with van der Waals surface area (Å²) in [6, 6.07) is 4.40. The number of halogens is 6. The van der Waals surface area contributed by atoms with Gasteiger partial charge in [0.25, 0.3) is 10.0 Å². The number of fused-ring (bicyclic) bond motifs is 1. The van der Waals surface area contributed by atoms with E-state index in [0.29, 0.717) is 28.7 Å². The van der Waals surface area contributed by atoms with Crippen LogP contribution < -0.4 is 4.72 Å². The van der Waals surface area contributed by atoms with Crippen molar-refractivity contribution in [1.29, 1.82) is 0 Å². The maximum absolute atomic E-state index is 15.1. The molecule has 0 fully saturated rings. The Morgan fingerprint density at radius 1 is 1.03 bits per heavy atom. The highest BCUT2D eigenvalue weighted by Gasteiger charge is 2.31. The molecule has 6 nitrogen and oxygen atoms in total. The van der Waals surface area contributed by atoms with Gasteiger partial charge in [0.15, 0.2) is 5.82 Å². The predicted molar refractivity (Wildman–Crippen MR) is 110 cm³/mol. The van der Waals surface area contributed by atoms with Crippen LogP contribution in [0.5, 0.6) is 0 Å². The van der Waals surface area contributed by atoms with Gasteiger partial charge >= 0.3 is 6.18 Å². The van der Waals surface area contributed by atoms with Gasteiger partial charge in [-0.1, -0.05) is 11.6 Å². The van der Waals surface area contributed by atoms with Crippen molar-refractivity contribution in [3.8, 4) is 0 Å². The molecule has 0 aliphatic carbocycles. The minimum atomic E-state index is -4.65. The average molecular weight is 503 g/mol. The maximum Gasteiger partial charge on any atom is 0.416 e. The Kier molecular flexibility index (Phi) is 5.74. The first-order valence-electron chi connectivity index (χ1n) is 9.11. The van der Waals surface area contributed by atoms with Crippen LogP contribution >= 0.6 is 11.6 Å². The van der Waals surface area contributed by atoms with Crippen LogP contribution in [0.1, 0.15) is 16.7 Å². The zero-order valence-corrected chi connectivity index (χ0v) is 17.8. The van der Waals surface area contributed by atoms with E-state index in [-0.39, 0.29) is 11.6 Å². The first-order chi connectivity index (χ1) is 15.5. The molecular formula is C20H12ClF5N4O2S. The number of nitrogens with one attached hydrogen (secondary N) is 2. The minimum Gasteiger partial charge on any atom is -0.346 e. The van der Waals surface area contributed by atoms with Crippen LogP contribution in [0.25, 0.3) is 11.0 Å². The molecule has 4 aromatic rings. The third kappa shape index (κ3) is 4.48. The fourth-order valence-corrected chi connectivity index (χ4v) is 4.49. The summed E-state index contributed by atoms with van der Waals surface area (Å²) in [5.41, 5.74) is -1.35. The molecule has 13 heteroatoms. The second-order valence-electron chi connectivity index (χ2n) is 6.89. The predicted octanol–water partition coefficient (Wildman–Crippen LogP) is 5.30. The van der Waals surface area contributed by atoms with Crippen molar-refractivity contribution in [3.05, 3.63) is 82.4 Å². The third-order valence-electron chi connectivity index (χ3n) is 4.79. The van der Waals surface area contributed by atoms with Crippen molar-refractivity contribution in [2.45, 2.75) is 17.5 Å². The van der Waals surface area contributed by atoms with Crippen molar-refractivity contribution in [2.75, 3.05) is 4.72 Å². The van der Waals surface area contributed by atoms with Gasteiger partial charge in [0.1, 0.15) is 22.9 Å². The van der Waals surface area contributed by atoms with Crippen molar-refractivity contribution >= 4 is 38.3 Å². The van der Waals surface area contributed by atoms with Gasteiger partial charge in [-0.3, -0.25) is 4.72 Å². The van der Waals surface area contributed by atoms with E-state index >= 15 is 4.39 Å². The van der Waals surface area contributed by atoms with E-state index in [2.05, 4.69) is 15.0 Å². The Balaban J connectivity index is 1.67. The molecule has 0 saturated carbocycles. The molecule has 2 heterocycles. The summed E-state index contributed by atoms with van der Waals surface area (Å²) in [6.45, 7) is 0. The first kappa shape index (κ1) is 22.9. The molecule has 2 aromatic carbocycles. The number of rotatable bonds is 5. The molecule has 0 aliphatic rings. The Labute approximate surface area is 188 Å². The molecule has 0 radical (unpaired) electrons. The maximum atomic E-state index is 15.1. The van der Waals surface area contributed by atoms with E-state index < -0.39 is 49.5 Å². The smallest absolute Gasteiger partial charge is 0.346 e. The monoisotopic (exact) mass is 502 g/mol. The lowest BCUT2D eigenvalue weighted by atomic mass is 10.0. The Morgan fingerprint density at radius 3 is 2.39 bits per heavy atom. The summed E-state index contributed by atoms with van der Waals surface area (Å²) in [6.07, 6.45) is -2.30. The second-order valence-corrected chi connectivity index (χ2v) is 8.93. The van der Waals surface area contributed by atoms with Crippen LogP contribution in [0.15, 0.2) is 53.8 Å². The van der Waals surface area contributed by atoms with Crippen molar-refractivity contribution < 1.29 is 30.4 Å². The van der Waals surface area contributed by atoms with Crippen molar-refractivity contribution in [3.63, 3.8) is 0 Å². The molecule has 0 atom stereocenters. The van der Waals surface area contributed by atoms with E-state index in [1.54, 1.807) is 0 Å². The highest BCUT2D eigenvalue weighted by atomic mass is 35.5. The summed E-state index contributed by atoms with van der Waals surface area (Å²) in [7, 11) is -4.46. The lowest BCUT2D eigenvalue weighted by Gasteiger charge is -2.13. The molecule has 2 N–H and O–H groups in total. The van der Waals surface area contributed by atoms with E-state index in [9.17, 15) is 26.0 Å². The minimum absolute atomic E-state index is 0.0660. The fourth-order valence-electron chi connectivity index (χ4n) is 3.18. The number of aromatic nitrogens is 3. The molecule has 4 rings (SSSR count). The second kappa shape index (κ2) is 8.27. The van der Waals surface area contributed by atoms with E-state index in [1.807, 2.05) is 4.72 Å². The third-order valence-corrected chi connectivity index (χ3v) is 6.46.